The van der Waals surface area contributed by atoms with Gasteiger partial charge in [-0.1, -0.05) is 27.7 Å². The van der Waals surface area contributed by atoms with E-state index in [9.17, 15) is 33.6 Å². The van der Waals surface area contributed by atoms with E-state index in [1.807, 2.05) is 13.8 Å². The van der Waals surface area contributed by atoms with Crippen LogP contribution in [-0.4, -0.2) is 118 Å². The number of ketones is 3. The Hall–Kier alpha value is -3.27. The van der Waals surface area contributed by atoms with Crippen molar-refractivity contribution in [2.75, 3.05) is 65.9 Å². The molecule has 15 nitrogen and oxygen atoms in total. The van der Waals surface area contributed by atoms with E-state index in [0.717, 1.165) is 0 Å². The van der Waals surface area contributed by atoms with Gasteiger partial charge in [0.2, 0.25) is 17.7 Å². The van der Waals surface area contributed by atoms with E-state index >= 15 is 0 Å². The summed E-state index contributed by atoms with van der Waals surface area (Å²) in [5.41, 5.74) is 5.06. The van der Waals surface area contributed by atoms with Crippen molar-refractivity contribution in [2.45, 2.75) is 91.5 Å². The molecule has 0 radical (unpaired) electrons. The maximum absolute atomic E-state index is 13.0. The molecule has 0 aliphatic carbocycles. The van der Waals surface area contributed by atoms with Gasteiger partial charge in [0.1, 0.15) is 11.6 Å². The summed E-state index contributed by atoms with van der Waals surface area (Å²) in [7, 11) is 0. The van der Waals surface area contributed by atoms with Crippen molar-refractivity contribution in [3.63, 3.8) is 0 Å². The minimum absolute atomic E-state index is 0.00576. The fraction of sp³-hybridized carbons (Fsp3) is 0.794. The van der Waals surface area contributed by atoms with Crippen LogP contribution in [0.3, 0.4) is 0 Å². The number of hydrogen-bond donors (Lipinski definition) is 3. The SMILES string of the molecule is CCC(=O)[C@H](CCCNC(N)=O)NC(=O)[C@@H](CC(=O)CCOCCOCCOCCOCCCC(=O)CCN1C(=O)CC(C)C1=O)C(C)C. The van der Waals surface area contributed by atoms with Crippen molar-refractivity contribution in [3.8, 4) is 0 Å². The van der Waals surface area contributed by atoms with Crippen molar-refractivity contribution in [1.29, 1.82) is 0 Å². The maximum atomic E-state index is 13.0. The Bertz CT molecular complexity index is 1070. The number of ether oxygens (including phenoxy) is 4. The molecule has 5 amide bonds. The van der Waals surface area contributed by atoms with Crippen molar-refractivity contribution in [2.24, 2.45) is 23.5 Å². The summed E-state index contributed by atoms with van der Waals surface area (Å²) in [5, 5.41) is 5.27. The molecular weight excluding hydrogens is 640 g/mol. The molecule has 1 rings (SSSR count). The number of likely N-dealkylation sites (tertiary alicyclic amines) is 1. The molecule has 1 fully saturated rings. The van der Waals surface area contributed by atoms with E-state index in [0.29, 0.717) is 78.5 Å². The Morgan fingerprint density at radius 2 is 1.43 bits per heavy atom. The lowest BCUT2D eigenvalue weighted by atomic mass is 9.88. The van der Waals surface area contributed by atoms with Crippen LogP contribution in [-0.2, 0) is 47.7 Å². The quantitative estimate of drug-likeness (QED) is 0.0726. The number of primary amides is 1. The summed E-state index contributed by atoms with van der Waals surface area (Å²) in [6, 6.07) is -1.34. The highest BCUT2D eigenvalue weighted by atomic mass is 16.6. The molecule has 1 saturated heterocycles. The van der Waals surface area contributed by atoms with E-state index in [-0.39, 0.29) is 92.2 Å². The summed E-state index contributed by atoms with van der Waals surface area (Å²) >= 11 is 0. The number of carbonyl (C=O) groups excluding carboxylic acids is 7. The average molecular weight is 699 g/mol. The lowest BCUT2D eigenvalue weighted by molar-refractivity contribution is -0.139. The minimum atomic E-state index is -0.690. The van der Waals surface area contributed by atoms with Crippen LogP contribution >= 0.6 is 0 Å². The van der Waals surface area contributed by atoms with Crippen molar-refractivity contribution >= 4 is 41.1 Å². The van der Waals surface area contributed by atoms with E-state index in [4.69, 9.17) is 24.7 Å². The third kappa shape index (κ3) is 19.5. The second-order valence-electron chi connectivity index (χ2n) is 12.5. The van der Waals surface area contributed by atoms with Crippen LogP contribution in [0.15, 0.2) is 0 Å². The summed E-state index contributed by atoms with van der Waals surface area (Å²) < 4.78 is 21.9. The topological polar surface area (TPSA) is 210 Å². The Labute approximate surface area is 290 Å². The van der Waals surface area contributed by atoms with Gasteiger partial charge >= 0.3 is 6.03 Å². The van der Waals surface area contributed by atoms with Crippen LogP contribution in [0, 0.1) is 17.8 Å². The molecule has 1 unspecified atom stereocenters. The van der Waals surface area contributed by atoms with E-state index in [2.05, 4.69) is 10.6 Å². The largest absolute Gasteiger partial charge is 0.379 e. The summed E-state index contributed by atoms with van der Waals surface area (Å²) in [4.78, 5) is 85.7. The first kappa shape index (κ1) is 43.8. The first-order chi connectivity index (χ1) is 23.4. The van der Waals surface area contributed by atoms with Gasteiger partial charge in [0.25, 0.3) is 0 Å². The number of carbonyl (C=O) groups is 7. The molecule has 0 bridgehead atoms. The lowest BCUT2D eigenvalue weighted by Crippen LogP contribution is -2.45. The van der Waals surface area contributed by atoms with Crippen molar-refractivity contribution < 1.29 is 52.5 Å². The zero-order chi connectivity index (χ0) is 36.6. The number of nitrogens with one attached hydrogen (secondary N) is 2. The molecule has 4 N–H and O–H groups in total. The molecular formula is C34H58N4O11. The Morgan fingerprint density at radius 3 is 1.96 bits per heavy atom. The molecule has 15 heteroatoms. The maximum Gasteiger partial charge on any atom is 0.312 e. The zero-order valence-corrected chi connectivity index (χ0v) is 29.8. The second kappa shape index (κ2) is 25.7. The first-order valence-corrected chi connectivity index (χ1v) is 17.4. The number of imide groups is 1. The normalized spacial score (nSPS) is 15.8. The predicted molar refractivity (Wildman–Crippen MR) is 179 cm³/mol. The van der Waals surface area contributed by atoms with Gasteiger partial charge in [-0.15, -0.1) is 0 Å². The highest BCUT2D eigenvalue weighted by Crippen LogP contribution is 2.19. The molecule has 0 spiro atoms. The molecule has 0 saturated carbocycles. The van der Waals surface area contributed by atoms with E-state index in [1.54, 1.807) is 13.8 Å². The lowest BCUT2D eigenvalue weighted by Gasteiger charge is -2.24. The number of amides is 5. The van der Waals surface area contributed by atoms with Crippen LogP contribution in [0.5, 0.6) is 0 Å². The van der Waals surface area contributed by atoms with Crippen molar-refractivity contribution in [3.05, 3.63) is 0 Å². The molecule has 3 atom stereocenters. The molecule has 1 aliphatic rings. The van der Waals surface area contributed by atoms with Crippen LogP contribution in [0.4, 0.5) is 4.79 Å². The molecule has 49 heavy (non-hydrogen) atoms. The third-order valence-electron chi connectivity index (χ3n) is 8.08. The molecule has 1 aliphatic heterocycles. The highest BCUT2D eigenvalue weighted by Gasteiger charge is 2.35. The van der Waals surface area contributed by atoms with Gasteiger partial charge in [0.05, 0.1) is 52.3 Å². The van der Waals surface area contributed by atoms with Gasteiger partial charge in [-0.05, 0) is 25.2 Å². The fourth-order valence-electron chi connectivity index (χ4n) is 5.10. The molecule has 0 aromatic heterocycles. The third-order valence-corrected chi connectivity index (χ3v) is 8.08. The summed E-state index contributed by atoms with van der Waals surface area (Å²) in [5.74, 6) is -1.98. The standard InChI is InChI=1S/C34H58N4O11/c1-5-30(41)29(9-6-12-36-34(35)45)37-32(43)28(24(2)3)23-27(40)11-15-47-17-19-49-21-20-48-18-16-46-14-7-8-26(39)10-13-38-31(42)22-25(4)33(38)44/h24-25,28-29H,5-23H2,1-4H3,(H,37,43)(H3,35,36,45)/t25?,28-,29-/m0/s1. The van der Waals surface area contributed by atoms with Gasteiger partial charge in [0.15, 0.2) is 5.78 Å². The number of nitrogens with two attached hydrogens (primary N) is 1. The monoisotopic (exact) mass is 698 g/mol. The van der Waals surface area contributed by atoms with Gasteiger partial charge in [-0.3, -0.25) is 33.7 Å². The number of nitrogens with zero attached hydrogens (tertiary/aromatic N) is 1. The average Bonchev–Trinajstić information content (AvgIpc) is 3.30. The van der Waals surface area contributed by atoms with Crippen molar-refractivity contribution in [1.82, 2.24) is 15.5 Å². The van der Waals surface area contributed by atoms with Crippen LogP contribution in [0.2, 0.25) is 0 Å². The minimum Gasteiger partial charge on any atom is -0.379 e. The van der Waals surface area contributed by atoms with Gasteiger partial charge in [-0.25, -0.2) is 4.79 Å². The highest BCUT2D eigenvalue weighted by molar-refractivity contribution is 6.03. The first-order valence-electron chi connectivity index (χ1n) is 17.4. The van der Waals surface area contributed by atoms with Crippen LogP contribution < -0.4 is 16.4 Å². The second-order valence-corrected chi connectivity index (χ2v) is 12.5. The van der Waals surface area contributed by atoms with Gasteiger partial charge < -0.3 is 35.3 Å². The molecule has 0 aromatic carbocycles. The van der Waals surface area contributed by atoms with Gasteiger partial charge in [0, 0.05) is 70.1 Å². The van der Waals surface area contributed by atoms with Crippen LogP contribution in [0.25, 0.3) is 0 Å². The zero-order valence-electron chi connectivity index (χ0n) is 29.8. The Morgan fingerprint density at radius 1 is 0.837 bits per heavy atom. The molecule has 280 valence electrons. The number of Topliss-reactive ketones (excluding diaryl/α,β-unsaturated/α-hetero) is 3. The van der Waals surface area contributed by atoms with Gasteiger partial charge in [-0.2, -0.15) is 0 Å². The number of urea groups is 1. The number of rotatable bonds is 30. The molecule has 1 heterocycles. The fourth-order valence-corrected chi connectivity index (χ4v) is 5.10. The Kier molecular flexibility index (Phi) is 22.9. The van der Waals surface area contributed by atoms with E-state index < -0.39 is 18.0 Å². The predicted octanol–water partition coefficient (Wildman–Crippen LogP) is 1.72. The number of hydrogen-bond acceptors (Lipinski definition) is 11. The summed E-state index contributed by atoms with van der Waals surface area (Å²) in [6.45, 7) is 10.4. The van der Waals surface area contributed by atoms with E-state index in [1.165, 1.54) is 4.90 Å². The van der Waals surface area contributed by atoms with Crippen LogP contribution in [0.1, 0.15) is 85.5 Å². The Balaban J connectivity index is 2.07. The summed E-state index contributed by atoms with van der Waals surface area (Å²) in [6.07, 6.45) is 2.56. The smallest absolute Gasteiger partial charge is 0.312 e. The molecule has 0 aromatic rings.